The van der Waals surface area contributed by atoms with E-state index < -0.39 is 23.7 Å². The molecule has 0 saturated heterocycles. The summed E-state index contributed by atoms with van der Waals surface area (Å²) in [5.41, 5.74) is -1.42. The number of benzene rings is 1. The Morgan fingerprint density at radius 1 is 1.17 bits per heavy atom. The van der Waals surface area contributed by atoms with Gasteiger partial charge in [0.1, 0.15) is 12.4 Å². The highest BCUT2D eigenvalue weighted by Crippen LogP contribution is 2.37. The predicted octanol–water partition coefficient (Wildman–Crippen LogP) is 2.94. The fourth-order valence-corrected chi connectivity index (χ4v) is 3.01. The van der Waals surface area contributed by atoms with Crippen LogP contribution in [0.5, 0.6) is 0 Å². The average molecular weight is 446 g/mol. The number of methoxy groups -OCH3 is 2. The van der Waals surface area contributed by atoms with E-state index in [1.165, 1.54) is 23.1 Å². The molecule has 2 aromatic rings. The quantitative estimate of drug-likeness (QED) is 0.669. The highest BCUT2D eigenvalue weighted by atomic mass is 35.5. The summed E-state index contributed by atoms with van der Waals surface area (Å²) in [7, 11) is 2.18. The van der Waals surface area contributed by atoms with Crippen LogP contribution in [0.15, 0.2) is 41.9 Å². The first-order chi connectivity index (χ1) is 14.2. The van der Waals surface area contributed by atoms with Gasteiger partial charge in [-0.1, -0.05) is 11.6 Å². The molecule has 0 saturated carbocycles. The molecule has 0 fully saturated rings. The Balaban J connectivity index is 2.27. The molecule has 0 unspecified atom stereocenters. The molecule has 0 atom stereocenters. The molecule has 30 heavy (non-hydrogen) atoms. The zero-order chi connectivity index (χ0) is 22.1. The summed E-state index contributed by atoms with van der Waals surface area (Å²) in [6.45, 7) is -0.607. The number of nitrogens with zero attached hydrogens (tertiary/aromatic N) is 3. The van der Waals surface area contributed by atoms with Crippen molar-refractivity contribution in [2.45, 2.75) is 6.18 Å². The second kappa shape index (κ2) is 8.36. The Morgan fingerprint density at radius 3 is 2.43 bits per heavy atom. The fraction of sp³-hybridized carbons (Fsp3) is 0.278. The minimum Gasteiger partial charge on any atom is -0.466 e. The van der Waals surface area contributed by atoms with E-state index in [1.54, 1.807) is 0 Å². The van der Waals surface area contributed by atoms with Gasteiger partial charge in [-0.05, 0) is 18.2 Å². The number of hydrogen-bond acceptors (Lipinski definition) is 7. The van der Waals surface area contributed by atoms with Gasteiger partial charge in [0.15, 0.2) is 0 Å². The Labute approximate surface area is 173 Å². The van der Waals surface area contributed by atoms with Crippen molar-refractivity contribution in [2.75, 3.05) is 32.5 Å². The van der Waals surface area contributed by atoms with Crippen LogP contribution in [-0.4, -0.2) is 49.3 Å². The smallest absolute Gasteiger partial charge is 0.416 e. The topological polar surface area (TPSA) is 82.9 Å². The van der Waals surface area contributed by atoms with E-state index in [0.29, 0.717) is 0 Å². The number of hydrogen-bond donors (Lipinski definition) is 0. The Hall–Kier alpha value is -3.05. The molecule has 0 aliphatic carbocycles. The van der Waals surface area contributed by atoms with Crippen LogP contribution in [0.25, 0.3) is 5.69 Å². The second-order valence-electron chi connectivity index (χ2n) is 6.02. The molecule has 0 radical (unpaired) electrons. The first kappa shape index (κ1) is 21.7. The van der Waals surface area contributed by atoms with Crippen LogP contribution in [-0.2, 0) is 30.0 Å². The Bertz CT molecular complexity index is 1020. The van der Waals surface area contributed by atoms with Gasteiger partial charge in [-0.15, -0.1) is 0 Å². The molecule has 1 aliphatic rings. The third-order valence-electron chi connectivity index (χ3n) is 4.22. The van der Waals surface area contributed by atoms with Gasteiger partial charge in [0, 0.05) is 6.20 Å². The van der Waals surface area contributed by atoms with Crippen molar-refractivity contribution in [1.29, 1.82) is 0 Å². The second-order valence-corrected chi connectivity index (χ2v) is 6.46. The molecule has 3 rings (SSSR count). The van der Waals surface area contributed by atoms with Crippen molar-refractivity contribution in [3.63, 3.8) is 0 Å². The lowest BCUT2D eigenvalue weighted by Crippen LogP contribution is -2.39. The van der Waals surface area contributed by atoms with Crippen molar-refractivity contribution in [1.82, 2.24) is 9.78 Å². The van der Waals surface area contributed by atoms with Gasteiger partial charge in [0.25, 0.3) is 0 Å². The van der Waals surface area contributed by atoms with Crippen LogP contribution < -0.4 is 4.90 Å². The van der Waals surface area contributed by atoms with E-state index in [2.05, 4.69) is 9.84 Å². The highest BCUT2D eigenvalue weighted by Gasteiger charge is 2.36. The van der Waals surface area contributed by atoms with E-state index in [-0.39, 0.29) is 41.0 Å². The summed E-state index contributed by atoms with van der Waals surface area (Å²) in [5.74, 6) is -1.82. The third kappa shape index (κ3) is 4.12. The summed E-state index contributed by atoms with van der Waals surface area (Å²) in [5, 5.41) is 4.25. The SMILES string of the molecule is COC(=O)C1=C(C(=O)OC)N(c2cc(C(F)(F)F)ccc2-n2cc(Cl)cn2)COC1. The molecule has 1 aliphatic heterocycles. The van der Waals surface area contributed by atoms with Crippen molar-refractivity contribution in [3.05, 3.63) is 52.4 Å². The molecule has 2 heterocycles. The molecular formula is C18H15ClF3N3O5. The maximum atomic E-state index is 13.4. The van der Waals surface area contributed by atoms with Crippen LogP contribution in [0, 0.1) is 0 Å². The number of carbonyl (C=O) groups excluding carboxylic acids is 2. The molecule has 0 N–H and O–H groups in total. The maximum Gasteiger partial charge on any atom is 0.416 e. The van der Waals surface area contributed by atoms with Crippen molar-refractivity contribution in [2.24, 2.45) is 0 Å². The molecule has 0 bridgehead atoms. The number of alkyl halides is 3. The van der Waals surface area contributed by atoms with E-state index in [9.17, 15) is 22.8 Å². The highest BCUT2D eigenvalue weighted by molar-refractivity contribution is 6.30. The Kier molecular flexibility index (Phi) is 6.04. The normalized spacial score (nSPS) is 14.7. The molecular weight excluding hydrogens is 431 g/mol. The molecule has 1 aromatic carbocycles. The summed E-state index contributed by atoms with van der Waals surface area (Å²) in [6.07, 6.45) is -1.99. The van der Waals surface area contributed by atoms with E-state index in [0.717, 1.165) is 31.3 Å². The van der Waals surface area contributed by atoms with Crippen molar-refractivity contribution >= 4 is 29.2 Å². The number of anilines is 1. The molecule has 8 nitrogen and oxygen atoms in total. The first-order valence-corrected chi connectivity index (χ1v) is 8.72. The standard InChI is InChI=1S/C18H15ClF3N3O5/c1-28-16(26)12-8-30-9-24(15(12)17(27)29-2)14-5-10(18(20,21)22)3-4-13(14)25-7-11(19)6-23-25/h3-7H,8-9H2,1-2H3. The maximum absolute atomic E-state index is 13.4. The molecule has 12 heteroatoms. The van der Waals surface area contributed by atoms with Crippen molar-refractivity contribution in [3.8, 4) is 5.69 Å². The van der Waals surface area contributed by atoms with Gasteiger partial charge < -0.3 is 19.1 Å². The predicted molar refractivity (Wildman–Crippen MR) is 97.9 cm³/mol. The van der Waals surface area contributed by atoms with Crippen LogP contribution in [0.2, 0.25) is 5.02 Å². The van der Waals surface area contributed by atoms with Gasteiger partial charge >= 0.3 is 18.1 Å². The van der Waals surface area contributed by atoms with Crippen molar-refractivity contribution < 1.29 is 37.0 Å². The summed E-state index contributed by atoms with van der Waals surface area (Å²) < 4.78 is 56.1. The van der Waals surface area contributed by atoms with Crippen LogP contribution in [0.3, 0.4) is 0 Å². The van der Waals surface area contributed by atoms with E-state index in [1.807, 2.05) is 0 Å². The molecule has 0 spiro atoms. The number of aromatic nitrogens is 2. The Morgan fingerprint density at radius 2 is 1.87 bits per heavy atom. The zero-order valence-electron chi connectivity index (χ0n) is 15.7. The molecule has 1 aromatic heterocycles. The number of halogens is 4. The monoisotopic (exact) mass is 445 g/mol. The van der Waals surface area contributed by atoms with Crippen LogP contribution in [0.1, 0.15) is 5.56 Å². The minimum atomic E-state index is -4.66. The first-order valence-electron chi connectivity index (χ1n) is 8.34. The molecule has 0 amide bonds. The van der Waals surface area contributed by atoms with Gasteiger partial charge in [-0.3, -0.25) is 0 Å². The van der Waals surface area contributed by atoms with Crippen LogP contribution >= 0.6 is 11.6 Å². The zero-order valence-corrected chi connectivity index (χ0v) is 16.5. The average Bonchev–Trinajstić information content (AvgIpc) is 3.17. The number of esters is 2. The van der Waals surface area contributed by atoms with E-state index in [4.69, 9.17) is 21.1 Å². The number of rotatable bonds is 4. The largest absolute Gasteiger partial charge is 0.466 e. The number of ether oxygens (including phenoxy) is 3. The van der Waals surface area contributed by atoms with Gasteiger partial charge in [-0.2, -0.15) is 18.3 Å². The summed E-state index contributed by atoms with van der Waals surface area (Å²) in [6, 6.07) is 2.85. The van der Waals surface area contributed by atoms with Crippen LogP contribution in [0.4, 0.5) is 18.9 Å². The molecule has 160 valence electrons. The summed E-state index contributed by atoms with van der Waals surface area (Å²) >= 11 is 5.89. The van der Waals surface area contributed by atoms with Gasteiger partial charge in [0.2, 0.25) is 0 Å². The van der Waals surface area contributed by atoms with Gasteiger partial charge in [0.05, 0.1) is 54.6 Å². The van der Waals surface area contributed by atoms with Gasteiger partial charge in [-0.25, -0.2) is 14.3 Å². The lowest BCUT2D eigenvalue weighted by molar-refractivity contribution is -0.140. The lowest BCUT2D eigenvalue weighted by Gasteiger charge is -2.32. The lowest BCUT2D eigenvalue weighted by atomic mass is 10.1. The summed E-state index contributed by atoms with van der Waals surface area (Å²) in [4.78, 5) is 25.7. The number of carbonyl (C=O) groups is 2. The van der Waals surface area contributed by atoms with E-state index >= 15 is 0 Å². The minimum absolute atomic E-state index is 0.105. The third-order valence-corrected chi connectivity index (χ3v) is 4.42. The fourth-order valence-electron chi connectivity index (χ4n) is 2.88.